The highest BCUT2D eigenvalue weighted by Crippen LogP contribution is 2.14. The molecule has 2 rings (SSSR count). The van der Waals surface area contributed by atoms with Crippen molar-refractivity contribution in [2.75, 3.05) is 0 Å². The second-order valence-corrected chi connectivity index (χ2v) is 5.68. The third-order valence-corrected chi connectivity index (χ3v) is 3.94. The molecule has 1 amide bonds. The molecule has 2 atom stereocenters. The molecule has 23 heavy (non-hydrogen) atoms. The lowest BCUT2D eigenvalue weighted by molar-refractivity contribution is -0.130. The molecular formula is C19H24N2O2. The Labute approximate surface area is 137 Å². The van der Waals surface area contributed by atoms with Crippen molar-refractivity contribution in [3.05, 3.63) is 66.0 Å². The number of aliphatic hydroxyl groups is 1. The van der Waals surface area contributed by atoms with Crippen LogP contribution in [0.3, 0.4) is 0 Å². The van der Waals surface area contributed by atoms with Crippen molar-refractivity contribution in [3.8, 4) is 0 Å². The van der Waals surface area contributed by atoms with Gasteiger partial charge in [0.1, 0.15) is 0 Å². The van der Waals surface area contributed by atoms with Crippen LogP contribution in [0.15, 0.2) is 54.9 Å². The first-order valence-electron chi connectivity index (χ1n) is 8.13. The predicted octanol–water partition coefficient (Wildman–Crippen LogP) is 3.03. The van der Waals surface area contributed by atoms with Gasteiger partial charge in [-0.3, -0.25) is 9.78 Å². The highest BCUT2D eigenvalue weighted by atomic mass is 16.3. The molecule has 0 spiro atoms. The van der Waals surface area contributed by atoms with Crippen molar-refractivity contribution < 1.29 is 9.90 Å². The number of carbonyl (C=O) groups is 1. The Hall–Kier alpha value is -2.20. The van der Waals surface area contributed by atoms with E-state index in [1.54, 1.807) is 18.3 Å². The fourth-order valence-electron chi connectivity index (χ4n) is 2.54. The fourth-order valence-corrected chi connectivity index (χ4v) is 2.54. The van der Waals surface area contributed by atoms with Crippen molar-refractivity contribution >= 4 is 5.91 Å². The number of aryl methyl sites for hydroxylation is 1. The Morgan fingerprint density at radius 3 is 2.65 bits per heavy atom. The van der Waals surface area contributed by atoms with Gasteiger partial charge in [0.15, 0.2) is 6.10 Å². The minimum atomic E-state index is -1.11. The van der Waals surface area contributed by atoms with E-state index < -0.39 is 6.10 Å². The Kier molecular flexibility index (Phi) is 6.76. The van der Waals surface area contributed by atoms with Gasteiger partial charge >= 0.3 is 0 Å². The summed E-state index contributed by atoms with van der Waals surface area (Å²) in [7, 11) is 0. The smallest absolute Gasteiger partial charge is 0.253 e. The third kappa shape index (κ3) is 5.49. The largest absolute Gasteiger partial charge is 0.378 e. The zero-order valence-electron chi connectivity index (χ0n) is 13.5. The molecule has 1 aromatic carbocycles. The van der Waals surface area contributed by atoms with Gasteiger partial charge in [0.2, 0.25) is 0 Å². The first-order chi connectivity index (χ1) is 11.2. The maximum atomic E-state index is 12.2. The summed E-state index contributed by atoms with van der Waals surface area (Å²) in [5.74, 6) is -0.329. The van der Waals surface area contributed by atoms with Crippen LogP contribution >= 0.6 is 0 Å². The highest BCUT2D eigenvalue weighted by molar-refractivity contribution is 5.82. The van der Waals surface area contributed by atoms with Crippen LogP contribution in [0.4, 0.5) is 0 Å². The number of rotatable bonds is 8. The number of nitrogens with one attached hydrogen (secondary N) is 1. The highest BCUT2D eigenvalue weighted by Gasteiger charge is 2.19. The molecule has 2 aromatic rings. The standard InChI is InChI=1S/C19H24N2O2/c1-2-17(12-6-8-15-9-7-13-20-14-15)21-19(23)18(22)16-10-4-3-5-11-16/h3-5,7,9-11,13-14,17-18,22H,2,6,8,12H2,1H3,(H,21,23)/t17-,18-/m1/s1. The minimum absolute atomic E-state index is 0.0810. The second kappa shape index (κ2) is 9.06. The average Bonchev–Trinajstić information content (AvgIpc) is 2.61. The van der Waals surface area contributed by atoms with E-state index in [0.29, 0.717) is 5.56 Å². The zero-order chi connectivity index (χ0) is 16.5. The summed E-state index contributed by atoms with van der Waals surface area (Å²) in [6.45, 7) is 2.05. The summed E-state index contributed by atoms with van der Waals surface area (Å²) in [5.41, 5.74) is 1.83. The Bertz CT molecular complexity index is 587. The van der Waals surface area contributed by atoms with Crippen LogP contribution < -0.4 is 5.32 Å². The molecule has 0 saturated carbocycles. The van der Waals surface area contributed by atoms with Crippen LogP contribution in [0.25, 0.3) is 0 Å². The van der Waals surface area contributed by atoms with E-state index in [-0.39, 0.29) is 11.9 Å². The van der Waals surface area contributed by atoms with Crippen molar-refractivity contribution in [2.45, 2.75) is 44.8 Å². The van der Waals surface area contributed by atoms with Gasteiger partial charge in [0.05, 0.1) is 0 Å². The molecule has 0 unspecified atom stereocenters. The van der Waals surface area contributed by atoms with E-state index in [1.165, 1.54) is 5.56 Å². The molecule has 0 bridgehead atoms. The third-order valence-electron chi connectivity index (χ3n) is 3.94. The summed E-state index contributed by atoms with van der Waals surface area (Å²) < 4.78 is 0. The number of aliphatic hydroxyl groups excluding tert-OH is 1. The van der Waals surface area contributed by atoms with Crippen LogP contribution in [0.5, 0.6) is 0 Å². The Morgan fingerprint density at radius 1 is 1.22 bits per heavy atom. The van der Waals surface area contributed by atoms with E-state index in [2.05, 4.69) is 16.4 Å². The van der Waals surface area contributed by atoms with E-state index in [9.17, 15) is 9.90 Å². The number of amides is 1. The first kappa shape index (κ1) is 17.2. The predicted molar refractivity (Wildman–Crippen MR) is 90.8 cm³/mol. The Morgan fingerprint density at radius 2 is 2.00 bits per heavy atom. The molecule has 0 aliphatic heterocycles. The lowest BCUT2D eigenvalue weighted by Crippen LogP contribution is -2.37. The fraction of sp³-hybridized carbons (Fsp3) is 0.368. The van der Waals surface area contributed by atoms with Crippen LogP contribution in [0.2, 0.25) is 0 Å². The van der Waals surface area contributed by atoms with E-state index >= 15 is 0 Å². The minimum Gasteiger partial charge on any atom is -0.378 e. The average molecular weight is 312 g/mol. The quantitative estimate of drug-likeness (QED) is 0.787. The number of hydrogen-bond donors (Lipinski definition) is 2. The van der Waals surface area contributed by atoms with E-state index in [0.717, 1.165) is 25.7 Å². The lowest BCUT2D eigenvalue weighted by atomic mass is 10.0. The van der Waals surface area contributed by atoms with Gasteiger partial charge in [-0.15, -0.1) is 0 Å². The normalized spacial score (nSPS) is 13.3. The van der Waals surface area contributed by atoms with E-state index in [4.69, 9.17) is 0 Å². The van der Waals surface area contributed by atoms with Crippen LogP contribution in [-0.2, 0) is 11.2 Å². The lowest BCUT2D eigenvalue weighted by Gasteiger charge is -2.19. The molecule has 0 radical (unpaired) electrons. The zero-order valence-corrected chi connectivity index (χ0v) is 13.5. The van der Waals surface area contributed by atoms with Crippen molar-refractivity contribution in [1.29, 1.82) is 0 Å². The summed E-state index contributed by atoms with van der Waals surface area (Å²) in [4.78, 5) is 16.3. The summed E-state index contributed by atoms with van der Waals surface area (Å²) in [5, 5.41) is 13.1. The number of pyridine rings is 1. The molecule has 0 saturated heterocycles. The second-order valence-electron chi connectivity index (χ2n) is 5.68. The number of carbonyl (C=O) groups excluding carboxylic acids is 1. The van der Waals surface area contributed by atoms with Crippen molar-refractivity contribution in [1.82, 2.24) is 10.3 Å². The molecule has 0 aliphatic carbocycles. The van der Waals surface area contributed by atoms with Crippen LogP contribution in [0, 0.1) is 0 Å². The van der Waals surface area contributed by atoms with Gasteiger partial charge in [-0.2, -0.15) is 0 Å². The molecule has 122 valence electrons. The topological polar surface area (TPSA) is 62.2 Å². The van der Waals surface area contributed by atoms with Crippen LogP contribution in [-0.4, -0.2) is 22.0 Å². The van der Waals surface area contributed by atoms with E-state index in [1.807, 2.05) is 37.4 Å². The summed E-state index contributed by atoms with van der Waals surface area (Å²) >= 11 is 0. The van der Waals surface area contributed by atoms with Gasteiger partial charge < -0.3 is 10.4 Å². The van der Waals surface area contributed by atoms with Crippen molar-refractivity contribution in [2.24, 2.45) is 0 Å². The molecule has 0 fully saturated rings. The van der Waals surface area contributed by atoms with Gasteiger partial charge in [-0.05, 0) is 42.9 Å². The molecule has 1 heterocycles. The molecule has 0 aliphatic rings. The number of hydrogen-bond acceptors (Lipinski definition) is 3. The number of nitrogens with zero attached hydrogens (tertiary/aromatic N) is 1. The summed E-state index contributed by atoms with van der Waals surface area (Å²) in [6.07, 6.45) is 6.19. The Balaban J connectivity index is 1.80. The molecule has 4 nitrogen and oxygen atoms in total. The summed E-state index contributed by atoms with van der Waals surface area (Å²) in [6, 6.07) is 13.1. The molecule has 4 heteroatoms. The maximum Gasteiger partial charge on any atom is 0.253 e. The van der Waals surface area contributed by atoms with Gasteiger partial charge in [-0.25, -0.2) is 0 Å². The van der Waals surface area contributed by atoms with Crippen LogP contribution in [0.1, 0.15) is 43.4 Å². The van der Waals surface area contributed by atoms with Gasteiger partial charge in [0, 0.05) is 18.4 Å². The van der Waals surface area contributed by atoms with Crippen molar-refractivity contribution in [3.63, 3.8) is 0 Å². The number of benzene rings is 1. The first-order valence-corrected chi connectivity index (χ1v) is 8.13. The van der Waals surface area contributed by atoms with Gasteiger partial charge in [-0.1, -0.05) is 43.3 Å². The van der Waals surface area contributed by atoms with Gasteiger partial charge in [0.25, 0.3) is 5.91 Å². The maximum absolute atomic E-state index is 12.2. The number of aromatic nitrogens is 1. The monoisotopic (exact) mass is 312 g/mol. The molecule has 1 aromatic heterocycles. The molecule has 2 N–H and O–H groups in total. The SMILES string of the molecule is CC[C@H](CCCc1cccnc1)NC(=O)[C@H](O)c1ccccc1. The molecular weight excluding hydrogens is 288 g/mol.